The normalized spacial score (nSPS) is 32.8. The van der Waals surface area contributed by atoms with Crippen molar-refractivity contribution in [3.05, 3.63) is 0 Å². The number of likely N-dealkylation sites (tertiary alicyclic amines) is 1. The quantitative estimate of drug-likeness (QED) is 0.572. The van der Waals surface area contributed by atoms with E-state index in [1.54, 1.807) is 6.92 Å². The highest BCUT2D eigenvalue weighted by Crippen LogP contribution is 2.46. The summed E-state index contributed by atoms with van der Waals surface area (Å²) in [4.78, 5) is 40.2. The van der Waals surface area contributed by atoms with Crippen molar-refractivity contribution in [2.24, 2.45) is 0 Å². The van der Waals surface area contributed by atoms with Crippen LogP contribution < -0.4 is 5.32 Å². The van der Waals surface area contributed by atoms with E-state index in [4.69, 9.17) is 5.11 Å². The van der Waals surface area contributed by atoms with Crippen molar-refractivity contribution in [3.8, 4) is 0 Å². The summed E-state index contributed by atoms with van der Waals surface area (Å²) in [5.41, 5.74) is 0. The summed E-state index contributed by atoms with van der Waals surface area (Å²) in [7, 11) is -3.66. The lowest BCUT2D eigenvalue weighted by Gasteiger charge is -2.39. The minimum absolute atomic E-state index is 0.0898. The number of hydrogen-bond acceptors (Lipinski definition) is 6. The van der Waals surface area contributed by atoms with E-state index in [9.17, 15) is 22.8 Å². The molecular formula is C16H25N3O6S. The second-order valence-electron chi connectivity index (χ2n) is 7.79. The van der Waals surface area contributed by atoms with Crippen LogP contribution in [0.15, 0.2) is 0 Å². The lowest BCUT2D eigenvalue weighted by atomic mass is 9.96. The van der Waals surface area contributed by atoms with Crippen LogP contribution in [0.5, 0.6) is 0 Å². The van der Waals surface area contributed by atoms with Gasteiger partial charge < -0.3 is 20.2 Å². The van der Waals surface area contributed by atoms with Crippen LogP contribution in [0, 0.1) is 0 Å². The Morgan fingerprint density at radius 1 is 1.38 bits per heavy atom. The Balaban J connectivity index is 1.86. The summed E-state index contributed by atoms with van der Waals surface area (Å²) in [6, 6.07) is -2.27. The van der Waals surface area contributed by atoms with Gasteiger partial charge in [0.05, 0.1) is 17.8 Å². The van der Waals surface area contributed by atoms with Crippen molar-refractivity contribution >= 4 is 27.6 Å². The molecule has 146 valence electrons. The first-order valence-corrected chi connectivity index (χ1v) is 10.3. The van der Waals surface area contributed by atoms with Crippen LogP contribution in [-0.4, -0.2) is 82.4 Å². The number of sulfone groups is 1. The lowest BCUT2D eigenvalue weighted by molar-refractivity contribution is -0.155. The molecular weight excluding hydrogens is 362 g/mol. The molecule has 0 aliphatic carbocycles. The van der Waals surface area contributed by atoms with Crippen LogP contribution in [0.3, 0.4) is 0 Å². The van der Waals surface area contributed by atoms with Gasteiger partial charge in [-0.25, -0.2) is 8.42 Å². The number of carbonyl (C=O) groups is 3. The average Bonchev–Trinajstić information content (AvgIpc) is 3.09. The summed E-state index contributed by atoms with van der Waals surface area (Å²) in [5.74, 6) is -1.22. The standard InChI is InChI=1S/C16H25N3O6S/c1-9(8-20)17-14(22)10-5-4-6-18(10)15(23)13-16(2,3)26(24,25)12-7-11(21)19(12)13/h9-10,12-13,20H,4-8H2,1-3H3,(H,17,22). The molecule has 4 atom stereocenters. The van der Waals surface area contributed by atoms with Gasteiger partial charge in [0.2, 0.25) is 17.7 Å². The summed E-state index contributed by atoms with van der Waals surface area (Å²) < 4.78 is 24.0. The fourth-order valence-electron chi connectivity index (χ4n) is 4.07. The number of carbonyl (C=O) groups excluding carboxylic acids is 3. The zero-order valence-electron chi connectivity index (χ0n) is 15.1. The van der Waals surface area contributed by atoms with Crippen LogP contribution in [0.1, 0.15) is 40.0 Å². The molecule has 9 nitrogen and oxygen atoms in total. The Labute approximate surface area is 152 Å². The highest BCUT2D eigenvalue weighted by Gasteiger charge is 2.68. The molecule has 3 rings (SSSR count). The maximum atomic E-state index is 13.2. The molecule has 0 aromatic heterocycles. The average molecular weight is 387 g/mol. The van der Waals surface area contributed by atoms with Crippen molar-refractivity contribution in [1.29, 1.82) is 0 Å². The Morgan fingerprint density at radius 2 is 2.04 bits per heavy atom. The van der Waals surface area contributed by atoms with Gasteiger partial charge >= 0.3 is 0 Å². The minimum atomic E-state index is -3.66. The summed E-state index contributed by atoms with van der Waals surface area (Å²) in [6.45, 7) is 4.70. The molecule has 3 aliphatic rings. The van der Waals surface area contributed by atoms with Gasteiger partial charge in [-0.2, -0.15) is 0 Å². The van der Waals surface area contributed by atoms with Gasteiger partial charge in [0.25, 0.3) is 0 Å². The molecule has 0 aromatic carbocycles. The van der Waals surface area contributed by atoms with Crippen molar-refractivity contribution in [2.75, 3.05) is 13.2 Å². The van der Waals surface area contributed by atoms with Gasteiger partial charge in [-0.15, -0.1) is 0 Å². The molecule has 2 N–H and O–H groups in total. The van der Waals surface area contributed by atoms with E-state index < -0.39 is 44.0 Å². The molecule has 0 spiro atoms. The van der Waals surface area contributed by atoms with E-state index in [-0.39, 0.29) is 24.8 Å². The summed E-state index contributed by atoms with van der Waals surface area (Å²) >= 11 is 0. The number of fused-ring (bicyclic) bond motifs is 1. The molecule has 10 heteroatoms. The fraction of sp³-hybridized carbons (Fsp3) is 0.812. The first-order valence-electron chi connectivity index (χ1n) is 8.80. The zero-order valence-corrected chi connectivity index (χ0v) is 16.0. The summed E-state index contributed by atoms with van der Waals surface area (Å²) in [5, 5.41) is 10.8. The van der Waals surface area contributed by atoms with Crippen LogP contribution >= 0.6 is 0 Å². The predicted molar refractivity (Wildman–Crippen MR) is 91.5 cm³/mol. The third kappa shape index (κ3) is 2.53. The van der Waals surface area contributed by atoms with Gasteiger partial charge in [0.1, 0.15) is 17.5 Å². The monoisotopic (exact) mass is 387 g/mol. The molecule has 0 saturated carbocycles. The van der Waals surface area contributed by atoms with Crippen molar-refractivity contribution in [3.63, 3.8) is 0 Å². The first-order chi connectivity index (χ1) is 12.0. The SMILES string of the molecule is CC(CO)NC(=O)C1CCCN1C(=O)C1N2C(=O)CC2S(=O)(=O)C1(C)C. The number of nitrogens with zero attached hydrogens (tertiary/aromatic N) is 2. The minimum Gasteiger partial charge on any atom is -0.394 e. The van der Waals surface area contributed by atoms with E-state index in [0.717, 1.165) is 0 Å². The summed E-state index contributed by atoms with van der Waals surface area (Å²) in [6.07, 6.45) is 0.995. The van der Waals surface area contributed by atoms with Gasteiger partial charge in [-0.3, -0.25) is 14.4 Å². The van der Waals surface area contributed by atoms with E-state index in [1.165, 1.54) is 23.6 Å². The Morgan fingerprint density at radius 3 is 2.62 bits per heavy atom. The number of amides is 3. The third-order valence-corrected chi connectivity index (χ3v) is 8.51. The third-order valence-electron chi connectivity index (χ3n) is 5.71. The van der Waals surface area contributed by atoms with Gasteiger partial charge in [0.15, 0.2) is 9.84 Å². The topological polar surface area (TPSA) is 124 Å². The van der Waals surface area contributed by atoms with E-state index in [0.29, 0.717) is 19.4 Å². The number of β-lactam (4-membered cyclic amide) rings is 1. The Hall–Kier alpha value is -1.68. The van der Waals surface area contributed by atoms with E-state index in [1.807, 2.05) is 0 Å². The molecule has 0 bridgehead atoms. The lowest BCUT2D eigenvalue weighted by Crippen LogP contribution is -2.61. The number of rotatable bonds is 4. The van der Waals surface area contributed by atoms with Crippen LogP contribution in [-0.2, 0) is 24.2 Å². The number of aliphatic hydroxyl groups excluding tert-OH is 1. The predicted octanol–water partition coefficient (Wildman–Crippen LogP) is -1.39. The van der Waals surface area contributed by atoms with Crippen molar-refractivity contribution < 1.29 is 27.9 Å². The van der Waals surface area contributed by atoms with E-state index in [2.05, 4.69) is 5.32 Å². The largest absolute Gasteiger partial charge is 0.394 e. The highest BCUT2D eigenvalue weighted by molar-refractivity contribution is 7.93. The van der Waals surface area contributed by atoms with Gasteiger partial charge in [-0.1, -0.05) is 0 Å². The first kappa shape index (κ1) is 19.1. The fourth-order valence-corrected chi connectivity index (χ4v) is 6.20. The van der Waals surface area contributed by atoms with Crippen molar-refractivity contribution in [1.82, 2.24) is 15.1 Å². The van der Waals surface area contributed by atoms with Crippen LogP contribution in [0.4, 0.5) is 0 Å². The molecule has 0 aromatic rings. The zero-order chi connectivity index (χ0) is 19.4. The van der Waals surface area contributed by atoms with Gasteiger partial charge in [-0.05, 0) is 33.6 Å². The van der Waals surface area contributed by atoms with Gasteiger partial charge in [0, 0.05) is 12.6 Å². The second kappa shape index (κ2) is 6.19. The second-order valence-corrected chi connectivity index (χ2v) is 10.5. The molecule has 4 unspecified atom stereocenters. The van der Waals surface area contributed by atoms with Crippen LogP contribution in [0.2, 0.25) is 0 Å². The Kier molecular flexibility index (Phi) is 4.55. The number of hydrogen-bond donors (Lipinski definition) is 2. The number of nitrogens with one attached hydrogen (secondary N) is 1. The molecule has 3 saturated heterocycles. The molecule has 26 heavy (non-hydrogen) atoms. The molecule has 3 heterocycles. The molecule has 3 fully saturated rings. The molecule has 3 aliphatic heterocycles. The highest BCUT2D eigenvalue weighted by atomic mass is 32.2. The molecule has 3 amide bonds. The number of aliphatic hydroxyl groups is 1. The molecule has 0 radical (unpaired) electrons. The smallest absolute Gasteiger partial charge is 0.247 e. The van der Waals surface area contributed by atoms with Crippen LogP contribution in [0.25, 0.3) is 0 Å². The maximum absolute atomic E-state index is 13.2. The Bertz CT molecular complexity index is 749. The van der Waals surface area contributed by atoms with E-state index >= 15 is 0 Å². The maximum Gasteiger partial charge on any atom is 0.247 e. The van der Waals surface area contributed by atoms with Crippen molar-refractivity contribution in [2.45, 2.75) is 68.3 Å².